The SMILES string of the molecule is Cc1nc2c(F)cc(-c3nc(Nc4ccc5c(n4)CCN(CC(=O)CO)C5)ncc3F)cc2n1C(C)C. The number of aliphatic hydroxyl groups excluding tert-OH is 1. The van der Waals surface area contributed by atoms with Crippen molar-refractivity contribution in [3.63, 3.8) is 0 Å². The van der Waals surface area contributed by atoms with Gasteiger partial charge in [-0.3, -0.25) is 9.69 Å². The molecule has 1 aliphatic heterocycles. The van der Waals surface area contributed by atoms with Gasteiger partial charge in [-0.2, -0.15) is 0 Å². The van der Waals surface area contributed by atoms with Crippen LogP contribution in [0.1, 0.15) is 37.0 Å². The number of hydrogen-bond acceptors (Lipinski definition) is 8. The molecule has 3 aromatic heterocycles. The highest BCUT2D eigenvalue weighted by atomic mass is 19.1. The maximum atomic E-state index is 14.9. The molecule has 0 saturated heterocycles. The number of nitrogens with one attached hydrogen (secondary N) is 1. The molecule has 9 nitrogen and oxygen atoms in total. The third kappa shape index (κ3) is 4.92. The van der Waals surface area contributed by atoms with Gasteiger partial charge in [0.2, 0.25) is 5.95 Å². The van der Waals surface area contributed by atoms with Crippen molar-refractivity contribution in [3.05, 3.63) is 59.2 Å². The molecule has 0 atom stereocenters. The second-order valence-electron chi connectivity index (χ2n) is 9.42. The summed E-state index contributed by atoms with van der Waals surface area (Å²) in [4.78, 5) is 30.9. The quantitative estimate of drug-likeness (QED) is 0.390. The number of carbonyl (C=O) groups is 1. The molecule has 0 spiro atoms. The minimum absolute atomic E-state index is 0.0328. The highest BCUT2D eigenvalue weighted by Crippen LogP contribution is 2.30. The van der Waals surface area contributed by atoms with E-state index >= 15 is 0 Å². The third-order valence-electron chi connectivity index (χ3n) is 6.40. The molecule has 0 bridgehead atoms. The monoisotopic (exact) mass is 507 g/mol. The molecule has 2 N–H and O–H groups in total. The lowest BCUT2D eigenvalue weighted by Gasteiger charge is -2.27. The predicted molar refractivity (Wildman–Crippen MR) is 134 cm³/mol. The van der Waals surface area contributed by atoms with Crippen LogP contribution in [0.5, 0.6) is 0 Å². The van der Waals surface area contributed by atoms with Gasteiger partial charge in [0.1, 0.15) is 29.5 Å². The van der Waals surface area contributed by atoms with Crippen LogP contribution in [0, 0.1) is 18.6 Å². The predicted octanol–water partition coefficient (Wildman–Crippen LogP) is 3.72. The van der Waals surface area contributed by atoms with Gasteiger partial charge < -0.3 is 15.0 Å². The summed E-state index contributed by atoms with van der Waals surface area (Å²) < 4.78 is 31.7. The zero-order chi connectivity index (χ0) is 26.3. The highest BCUT2D eigenvalue weighted by molar-refractivity contribution is 5.83. The van der Waals surface area contributed by atoms with E-state index < -0.39 is 18.2 Å². The number of halogens is 2. The average Bonchev–Trinajstić information content (AvgIpc) is 3.21. The van der Waals surface area contributed by atoms with E-state index in [-0.39, 0.29) is 41.1 Å². The number of fused-ring (bicyclic) bond motifs is 2. The van der Waals surface area contributed by atoms with Crippen LogP contribution in [-0.2, 0) is 17.8 Å². The number of nitrogens with zero attached hydrogens (tertiary/aromatic N) is 6. The Morgan fingerprint density at radius 2 is 1.97 bits per heavy atom. The molecule has 0 radical (unpaired) electrons. The van der Waals surface area contributed by atoms with E-state index in [4.69, 9.17) is 5.11 Å². The number of aromatic nitrogens is 5. The van der Waals surface area contributed by atoms with Crippen molar-refractivity contribution in [1.29, 1.82) is 0 Å². The Morgan fingerprint density at radius 1 is 1.16 bits per heavy atom. The van der Waals surface area contributed by atoms with Crippen LogP contribution in [0.25, 0.3) is 22.3 Å². The minimum Gasteiger partial charge on any atom is -0.389 e. The van der Waals surface area contributed by atoms with E-state index in [0.717, 1.165) is 17.5 Å². The van der Waals surface area contributed by atoms with Crippen molar-refractivity contribution in [1.82, 2.24) is 29.4 Å². The van der Waals surface area contributed by atoms with E-state index in [9.17, 15) is 13.6 Å². The number of rotatable bonds is 7. The van der Waals surface area contributed by atoms with Crippen molar-refractivity contribution < 1.29 is 18.7 Å². The molecule has 0 aliphatic carbocycles. The van der Waals surface area contributed by atoms with Crippen molar-refractivity contribution in [2.24, 2.45) is 0 Å². The third-order valence-corrected chi connectivity index (χ3v) is 6.40. The lowest BCUT2D eigenvalue weighted by atomic mass is 10.1. The highest BCUT2D eigenvalue weighted by Gasteiger charge is 2.21. The van der Waals surface area contributed by atoms with Gasteiger partial charge in [0.05, 0.1) is 18.3 Å². The topological polar surface area (TPSA) is 109 Å². The van der Waals surface area contributed by atoms with Gasteiger partial charge in [0.15, 0.2) is 17.4 Å². The second-order valence-corrected chi connectivity index (χ2v) is 9.42. The fourth-order valence-corrected chi connectivity index (χ4v) is 4.78. The molecule has 4 heterocycles. The molecule has 0 fully saturated rings. The second kappa shape index (κ2) is 9.91. The first-order valence-electron chi connectivity index (χ1n) is 12.0. The average molecular weight is 508 g/mol. The molecule has 0 unspecified atom stereocenters. The molecule has 5 rings (SSSR count). The van der Waals surface area contributed by atoms with Gasteiger partial charge in [-0.25, -0.2) is 28.7 Å². The van der Waals surface area contributed by atoms with Gasteiger partial charge in [0.25, 0.3) is 0 Å². The van der Waals surface area contributed by atoms with E-state index in [1.807, 2.05) is 36.3 Å². The molecule has 0 saturated carbocycles. The van der Waals surface area contributed by atoms with Crippen LogP contribution in [0.4, 0.5) is 20.5 Å². The number of ketones is 1. The maximum Gasteiger partial charge on any atom is 0.229 e. The summed E-state index contributed by atoms with van der Waals surface area (Å²) >= 11 is 0. The van der Waals surface area contributed by atoms with Gasteiger partial charge in [-0.15, -0.1) is 0 Å². The van der Waals surface area contributed by atoms with Crippen LogP contribution in [0.3, 0.4) is 0 Å². The first kappa shape index (κ1) is 24.8. The lowest BCUT2D eigenvalue weighted by Crippen LogP contribution is -2.36. The molecule has 11 heteroatoms. The Hall–Kier alpha value is -3.83. The van der Waals surface area contributed by atoms with Crippen LogP contribution < -0.4 is 5.32 Å². The van der Waals surface area contributed by atoms with Crippen molar-refractivity contribution >= 4 is 28.6 Å². The Bertz CT molecular complexity index is 1500. The number of aryl methyl sites for hydroxylation is 1. The largest absolute Gasteiger partial charge is 0.389 e. The van der Waals surface area contributed by atoms with Gasteiger partial charge >= 0.3 is 0 Å². The number of benzene rings is 1. The molecule has 1 aromatic carbocycles. The number of anilines is 2. The van der Waals surface area contributed by atoms with Crippen molar-refractivity contribution in [3.8, 4) is 11.3 Å². The summed E-state index contributed by atoms with van der Waals surface area (Å²) in [7, 11) is 0. The lowest BCUT2D eigenvalue weighted by molar-refractivity contribution is -0.123. The van der Waals surface area contributed by atoms with E-state index in [0.29, 0.717) is 36.7 Å². The standard InChI is InChI=1S/C26H27F2N7O2/c1-14(2)35-15(3)30-25-19(27)8-17(9-22(25)35)24-20(28)10-29-26(33-24)32-23-5-4-16-11-34(12-18(37)13-36)7-6-21(16)31-23/h4-5,8-10,14,36H,6-7,11-13H2,1-3H3,(H,29,31,32,33). The number of Topliss-reactive ketones (excluding diaryl/α,β-unsaturated/α-hetero) is 1. The Balaban J connectivity index is 1.42. The number of aliphatic hydroxyl groups is 1. The molecule has 4 aromatic rings. The summed E-state index contributed by atoms with van der Waals surface area (Å²) in [6.45, 7) is 6.70. The Morgan fingerprint density at radius 3 is 2.73 bits per heavy atom. The van der Waals surface area contributed by atoms with Crippen molar-refractivity contribution in [2.75, 3.05) is 25.0 Å². The fraction of sp³-hybridized carbons (Fsp3) is 0.346. The first-order chi connectivity index (χ1) is 17.7. The van der Waals surface area contributed by atoms with Crippen LogP contribution in [0.15, 0.2) is 30.5 Å². The van der Waals surface area contributed by atoms with Gasteiger partial charge in [0, 0.05) is 36.8 Å². The molecule has 1 aliphatic rings. The smallest absolute Gasteiger partial charge is 0.229 e. The van der Waals surface area contributed by atoms with E-state index in [2.05, 4.69) is 25.3 Å². The number of carbonyl (C=O) groups excluding carboxylic acids is 1. The van der Waals surface area contributed by atoms with E-state index in [1.165, 1.54) is 6.07 Å². The van der Waals surface area contributed by atoms with Gasteiger partial charge in [-0.05, 0) is 44.5 Å². The zero-order valence-electron chi connectivity index (χ0n) is 20.8. The van der Waals surface area contributed by atoms with Crippen LogP contribution >= 0.6 is 0 Å². The molecular weight excluding hydrogens is 480 g/mol. The molecule has 37 heavy (non-hydrogen) atoms. The Kier molecular flexibility index (Phi) is 6.65. The summed E-state index contributed by atoms with van der Waals surface area (Å²) in [6.07, 6.45) is 1.69. The van der Waals surface area contributed by atoms with E-state index in [1.54, 1.807) is 12.1 Å². The van der Waals surface area contributed by atoms with Gasteiger partial charge in [-0.1, -0.05) is 6.07 Å². The van der Waals surface area contributed by atoms with Crippen molar-refractivity contribution in [2.45, 2.75) is 39.8 Å². The first-order valence-corrected chi connectivity index (χ1v) is 12.0. The normalized spacial score (nSPS) is 13.8. The minimum atomic E-state index is -0.674. The molecule has 0 amide bonds. The number of hydrogen-bond donors (Lipinski definition) is 2. The molecular formula is C26H27F2N7O2. The summed E-state index contributed by atoms with van der Waals surface area (Å²) in [5.74, 6) is -0.147. The maximum absolute atomic E-state index is 14.9. The number of imidazole rings is 1. The zero-order valence-corrected chi connectivity index (χ0v) is 20.8. The Labute approximate surface area is 212 Å². The number of pyridine rings is 1. The van der Waals surface area contributed by atoms with Crippen LogP contribution in [-0.4, -0.2) is 60.0 Å². The van der Waals surface area contributed by atoms with Crippen LogP contribution in [0.2, 0.25) is 0 Å². The summed E-state index contributed by atoms with van der Waals surface area (Å²) in [6, 6.07) is 6.64. The summed E-state index contributed by atoms with van der Waals surface area (Å²) in [5, 5.41) is 12.0. The fourth-order valence-electron chi connectivity index (χ4n) is 4.78. The molecule has 192 valence electrons. The summed E-state index contributed by atoms with van der Waals surface area (Å²) in [5.41, 5.74) is 2.93.